The van der Waals surface area contributed by atoms with Gasteiger partial charge in [0.15, 0.2) is 0 Å². The number of hydrogen-bond acceptors (Lipinski definition) is 5. The van der Waals surface area contributed by atoms with E-state index >= 15 is 0 Å². The summed E-state index contributed by atoms with van der Waals surface area (Å²) < 4.78 is 0. The fraction of sp³-hybridized carbons (Fsp3) is 0.217. The van der Waals surface area contributed by atoms with Crippen LogP contribution in [0.3, 0.4) is 0 Å². The summed E-state index contributed by atoms with van der Waals surface area (Å²) in [5.41, 5.74) is 3.27. The van der Waals surface area contributed by atoms with Crippen LogP contribution < -0.4 is 10.6 Å². The minimum Gasteiger partial charge on any atom is -0.353 e. The number of carbonyl (C=O) groups is 4. The minimum absolute atomic E-state index is 0.0629. The molecule has 0 aliphatic carbocycles. The molecule has 1 aliphatic rings. The number of imide groups is 1. The number of aryl methyl sites for hydroxylation is 2. The first-order valence-corrected chi connectivity index (χ1v) is 10.6. The van der Waals surface area contributed by atoms with Gasteiger partial charge in [0.05, 0.1) is 11.4 Å². The second-order valence-electron chi connectivity index (χ2n) is 7.09. The Balaban J connectivity index is 1.46. The molecule has 0 atom stereocenters. The van der Waals surface area contributed by atoms with Crippen LogP contribution in [0.25, 0.3) is 6.08 Å². The summed E-state index contributed by atoms with van der Waals surface area (Å²) >= 11 is 0.882. The molecule has 31 heavy (non-hydrogen) atoms. The van der Waals surface area contributed by atoms with Crippen LogP contribution >= 0.6 is 11.8 Å². The van der Waals surface area contributed by atoms with E-state index in [0.29, 0.717) is 10.5 Å². The van der Waals surface area contributed by atoms with Crippen LogP contribution in [-0.4, -0.2) is 47.5 Å². The van der Waals surface area contributed by atoms with Gasteiger partial charge in [0.1, 0.15) is 0 Å². The number of carbonyl (C=O) groups excluding carboxylic acids is 4. The number of amides is 4. The maximum Gasteiger partial charge on any atom is 0.293 e. The molecular weight excluding hydrogens is 414 g/mol. The molecule has 1 fully saturated rings. The predicted octanol–water partition coefficient (Wildman–Crippen LogP) is 2.89. The van der Waals surface area contributed by atoms with Crippen LogP contribution in [0.15, 0.2) is 53.4 Å². The van der Waals surface area contributed by atoms with Crippen molar-refractivity contribution in [2.75, 3.05) is 19.6 Å². The average molecular weight is 438 g/mol. The van der Waals surface area contributed by atoms with Crippen molar-refractivity contribution in [3.8, 4) is 0 Å². The molecule has 0 bridgehead atoms. The molecule has 3 rings (SSSR count). The summed E-state index contributed by atoms with van der Waals surface area (Å²) in [6.45, 7) is 3.77. The van der Waals surface area contributed by atoms with Gasteiger partial charge in [-0.25, -0.2) is 0 Å². The molecule has 8 heteroatoms. The number of nitrogens with zero attached hydrogens (tertiary/aromatic N) is 1. The molecule has 0 aromatic heterocycles. The lowest BCUT2D eigenvalue weighted by Crippen LogP contribution is -2.41. The van der Waals surface area contributed by atoms with E-state index in [1.165, 1.54) is 0 Å². The Morgan fingerprint density at radius 3 is 2.42 bits per heavy atom. The van der Waals surface area contributed by atoms with Crippen LogP contribution in [0, 0.1) is 13.8 Å². The Kier molecular flexibility index (Phi) is 7.25. The van der Waals surface area contributed by atoms with Crippen molar-refractivity contribution in [3.05, 3.63) is 75.7 Å². The molecular formula is C23H23N3O4S. The van der Waals surface area contributed by atoms with Gasteiger partial charge in [-0.15, -0.1) is 0 Å². The summed E-state index contributed by atoms with van der Waals surface area (Å²) in [6, 6.07) is 14.7. The summed E-state index contributed by atoms with van der Waals surface area (Å²) in [5.74, 6) is -1.11. The smallest absolute Gasteiger partial charge is 0.293 e. The summed E-state index contributed by atoms with van der Waals surface area (Å²) in [4.78, 5) is 50.3. The van der Waals surface area contributed by atoms with Gasteiger partial charge in [-0.05, 0) is 48.9 Å². The molecule has 0 spiro atoms. The molecule has 2 N–H and O–H groups in total. The third kappa shape index (κ3) is 5.82. The molecule has 160 valence electrons. The highest BCUT2D eigenvalue weighted by Crippen LogP contribution is 2.31. The van der Waals surface area contributed by atoms with E-state index in [1.807, 2.05) is 50.2 Å². The van der Waals surface area contributed by atoms with Gasteiger partial charge in [0.2, 0.25) is 5.91 Å². The van der Waals surface area contributed by atoms with Crippen LogP contribution in [-0.2, 0) is 9.59 Å². The Morgan fingerprint density at radius 2 is 1.71 bits per heavy atom. The van der Waals surface area contributed by atoms with Gasteiger partial charge in [-0.3, -0.25) is 24.1 Å². The Bertz CT molecular complexity index is 1050. The normalized spacial score (nSPS) is 14.8. The Hall–Kier alpha value is -3.39. The van der Waals surface area contributed by atoms with Gasteiger partial charge in [-0.2, -0.15) is 0 Å². The van der Waals surface area contributed by atoms with E-state index in [2.05, 4.69) is 10.6 Å². The highest BCUT2D eigenvalue weighted by atomic mass is 32.2. The molecule has 1 aliphatic heterocycles. The second-order valence-corrected chi connectivity index (χ2v) is 8.08. The second kappa shape index (κ2) is 10.1. The van der Waals surface area contributed by atoms with Crippen molar-refractivity contribution in [1.29, 1.82) is 0 Å². The molecule has 4 amide bonds. The number of nitrogens with one attached hydrogen (secondary N) is 2. The van der Waals surface area contributed by atoms with E-state index in [4.69, 9.17) is 0 Å². The molecule has 0 saturated carbocycles. The third-order valence-electron chi connectivity index (χ3n) is 4.71. The summed E-state index contributed by atoms with van der Waals surface area (Å²) in [7, 11) is 0. The van der Waals surface area contributed by atoms with Crippen molar-refractivity contribution in [3.63, 3.8) is 0 Å². The lowest BCUT2D eigenvalue weighted by atomic mass is 10.1. The molecule has 2 aromatic rings. The van der Waals surface area contributed by atoms with Gasteiger partial charge >= 0.3 is 0 Å². The molecule has 1 heterocycles. The number of benzene rings is 2. The number of rotatable bonds is 7. The van der Waals surface area contributed by atoms with E-state index in [9.17, 15) is 19.2 Å². The maximum atomic E-state index is 12.5. The summed E-state index contributed by atoms with van der Waals surface area (Å²) in [5, 5.41) is 4.81. The largest absolute Gasteiger partial charge is 0.353 e. The van der Waals surface area contributed by atoms with E-state index in [1.54, 1.807) is 18.2 Å². The lowest BCUT2D eigenvalue weighted by Gasteiger charge is -2.13. The van der Waals surface area contributed by atoms with Crippen molar-refractivity contribution in [2.45, 2.75) is 13.8 Å². The predicted molar refractivity (Wildman–Crippen MR) is 120 cm³/mol. The van der Waals surface area contributed by atoms with E-state index in [-0.39, 0.29) is 36.7 Å². The van der Waals surface area contributed by atoms with Crippen molar-refractivity contribution in [2.24, 2.45) is 0 Å². The number of hydrogen-bond donors (Lipinski definition) is 2. The monoisotopic (exact) mass is 437 g/mol. The van der Waals surface area contributed by atoms with Crippen molar-refractivity contribution < 1.29 is 19.2 Å². The van der Waals surface area contributed by atoms with Gasteiger partial charge in [0.25, 0.3) is 17.1 Å². The zero-order chi connectivity index (χ0) is 22.4. The Morgan fingerprint density at radius 1 is 1.00 bits per heavy atom. The zero-order valence-electron chi connectivity index (χ0n) is 17.3. The molecule has 0 unspecified atom stereocenters. The van der Waals surface area contributed by atoms with Crippen molar-refractivity contribution in [1.82, 2.24) is 15.5 Å². The molecule has 0 radical (unpaired) electrons. The van der Waals surface area contributed by atoms with Crippen molar-refractivity contribution >= 4 is 40.8 Å². The topological polar surface area (TPSA) is 95.6 Å². The standard InChI is InChI=1S/C23H23N3O4S/c1-15-7-9-17(10-8-15)13-19-22(29)26(23(30)31-19)12-11-24-20(27)14-25-21(28)18-6-4-3-5-16(18)2/h3-10,13H,11-12,14H2,1-2H3,(H,24,27)(H,25,28)/b19-13-. The Labute approximate surface area is 184 Å². The zero-order valence-corrected chi connectivity index (χ0v) is 18.1. The fourth-order valence-electron chi connectivity index (χ4n) is 2.96. The first kappa shape index (κ1) is 22.3. The summed E-state index contributed by atoms with van der Waals surface area (Å²) in [6.07, 6.45) is 1.68. The van der Waals surface area contributed by atoms with Crippen LogP contribution in [0.4, 0.5) is 4.79 Å². The van der Waals surface area contributed by atoms with Gasteiger partial charge in [0, 0.05) is 18.7 Å². The van der Waals surface area contributed by atoms with Gasteiger partial charge < -0.3 is 10.6 Å². The maximum absolute atomic E-state index is 12.5. The minimum atomic E-state index is -0.399. The first-order valence-electron chi connectivity index (χ1n) is 9.77. The quantitative estimate of drug-likeness (QED) is 0.650. The third-order valence-corrected chi connectivity index (χ3v) is 5.61. The van der Waals surface area contributed by atoms with E-state index in [0.717, 1.165) is 33.4 Å². The molecule has 2 aromatic carbocycles. The van der Waals surface area contributed by atoms with Crippen LogP contribution in [0.2, 0.25) is 0 Å². The van der Waals surface area contributed by atoms with Crippen LogP contribution in [0.1, 0.15) is 27.0 Å². The highest BCUT2D eigenvalue weighted by Gasteiger charge is 2.34. The van der Waals surface area contributed by atoms with Crippen LogP contribution in [0.5, 0.6) is 0 Å². The first-order chi connectivity index (χ1) is 14.8. The van der Waals surface area contributed by atoms with Gasteiger partial charge in [-0.1, -0.05) is 48.0 Å². The van der Waals surface area contributed by atoms with E-state index < -0.39 is 5.91 Å². The average Bonchev–Trinajstić information content (AvgIpc) is 3.01. The SMILES string of the molecule is Cc1ccc(/C=C2\SC(=O)N(CCNC(=O)CNC(=O)c3ccccc3C)C2=O)cc1. The highest BCUT2D eigenvalue weighted by molar-refractivity contribution is 8.18. The molecule has 1 saturated heterocycles. The lowest BCUT2D eigenvalue weighted by molar-refractivity contribution is -0.124. The molecule has 7 nitrogen and oxygen atoms in total. The number of thioether (sulfide) groups is 1. The fourth-order valence-corrected chi connectivity index (χ4v) is 3.82.